The molecular weight excluding hydrogens is 312 g/mol. The number of rotatable bonds is 2. The SMILES string of the molecule is CO[C@H]1CC[C@H]2[C@@H]3CC[C@H]4CC(=O)C(C(C)=O)C[C@]4(C)[C@H]3CC[C@]12C. The van der Waals surface area contributed by atoms with E-state index in [9.17, 15) is 9.59 Å². The lowest BCUT2D eigenvalue weighted by Crippen LogP contribution is -2.56. The summed E-state index contributed by atoms with van der Waals surface area (Å²) in [6.45, 7) is 6.50. The highest BCUT2D eigenvalue weighted by molar-refractivity contribution is 6.02. The molecule has 4 saturated carbocycles. The van der Waals surface area contributed by atoms with Gasteiger partial charge in [0.25, 0.3) is 0 Å². The largest absolute Gasteiger partial charge is 0.381 e. The van der Waals surface area contributed by atoms with Crippen LogP contribution in [0.1, 0.15) is 72.1 Å². The second-order valence-electron chi connectivity index (χ2n) is 10.0. The number of ether oxygens (including phenoxy) is 1. The highest BCUT2D eigenvalue weighted by atomic mass is 16.5. The fourth-order valence-corrected chi connectivity index (χ4v) is 7.84. The van der Waals surface area contributed by atoms with Gasteiger partial charge in [0, 0.05) is 13.5 Å². The van der Waals surface area contributed by atoms with Gasteiger partial charge >= 0.3 is 0 Å². The molecule has 0 spiro atoms. The Balaban J connectivity index is 1.63. The second kappa shape index (κ2) is 5.90. The molecule has 4 fully saturated rings. The fraction of sp³-hybridized carbons (Fsp3) is 0.909. The summed E-state index contributed by atoms with van der Waals surface area (Å²) in [4.78, 5) is 24.5. The molecule has 0 saturated heterocycles. The number of methoxy groups -OCH3 is 1. The zero-order valence-electron chi connectivity index (χ0n) is 16.3. The van der Waals surface area contributed by atoms with E-state index < -0.39 is 0 Å². The summed E-state index contributed by atoms with van der Waals surface area (Å²) in [5.74, 6) is 2.70. The average Bonchev–Trinajstić information content (AvgIpc) is 2.91. The molecule has 3 nitrogen and oxygen atoms in total. The molecule has 4 aliphatic rings. The minimum absolute atomic E-state index is 0.0905. The highest BCUT2D eigenvalue weighted by Crippen LogP contribution is 2.66. The molecule has 0 bridgehead atoms. The van der Waals surface area contributed by atoms with Gasteiger partial charge in [-0.3, -0.25) is 9.59 Å². The maximum atomic E-state index is 12.5. The van der Waals surface area contributed by atoms with Crippen molar-refractivity contribution in [2.24, 2.45) is 40.4 Å². The standard InChI is InChI=1S/C22H34O3/c1-13(23)16-12-22(3)14(11-19(16)24)5-6-15-17-7-8-20(25-4)21(17,2)10-9-18(15)22/h14-18,20H,5-12H2,1-4H3/t14-,15-,16?,17-,18-,20-,21-,22-/m0/s1. The van der Waals surface area contributed by atoms with Crippen molar-refractivity contribution >= 4 is 11.6 Å². The van der Waals surface area contributed by atoms with Gasteiger partial charge < -0.3 is 4.74 Å². The lowest BCUT2D eigenvalue weighted by atomic mass is 9.44. The van der Waals surface area contributed by atoms with Crippen molar-refractivity contribution in [3.63, 3.8) is 0 Å². The van der Waals surface area contributed by atoms with Crippen LogP contribution in [0.15, 0.2) is 0 Å². The van der Waals surface area contributed by atoms with Gasteiger partial charge in [-0.15, -0.1) is 0 Å². The summed E-state index contributed by atoms with van der Waals surface area (Å²) in [5.41, 5.74) is 0.517. The van der Waals surface area contributed by atoms with Gasteiger partial charge in [0.15, 0.2) is 0 Å². The Morgan fingerprint density at radius 1 is 1.04 bits per heavy atom. The molecule has 0 aromatic heterocycles. The summed E-state index contributed by atoms with van der Waals surface area (Å²) in [5, 5.41) is 0. The molecule has 0 N–H and O–H groups in total. The van der Waals surface area contributed by atoms with Crippen LogP contribution >= 0.6 is 0 Å². The average molecular weight is 347 g/mol. The summed E-state index contributed by atoms with van der Waals surface area (Å²) >= 11 is 0. The van der Waals surface area contributed by atoms with Crippen LogP contribution in [0, 0.1) is 40.4 Å². The molecule has 0 heterocycles. The Morgan fingerprint density at radius 2 is 1.76 bits per heavy atom. The zero-order chi connectivity index (χ0) is 18.0. The Bertz CT molecular complexity index is 584. The molecule has 4 aliphatic carbocycles. The monoisotopic (exact) mass is 346 g/mol. The van der Waals surface area contributed by atoms with Gasteiger partial charge in [-0.05, 0) is 86.4 Å². The van der Waals surface area contributed by atoms with E-state index in [1.54, 1.807) is 6.92 Å². The van der Waals surface area contributed by atoms with Crippen molar-refractivity contribution in [2.75, 3.05) is 7.11 Å². The number of carbonyl (C=O) groups excluding carboxylic acids is 2. The summed E-state index contributed by atoms with van der Waals surface area (Å²) < 4.78 is 5.87. The Morgan fingerprint density at radius 3 is 2.44 bits per heavy atom. The highest BCUT2D eigenvalue weighted by Gasteiger charge is 2.61. The molecule has 0 radical (unpaired) electrons. The summed E-state index contributed by atoms with van der Waals surface area (Å²) in [7, 11) is 1.88. The van der Waals surface area contributed by atoms with Crippen LogP contribution in [0.5, 0.6) is 0 Å². The third kappa shape index (κ3) is 2.40. The van der Waals surface area contributed by atoms with Crippen molar-refractivity contribution in [3.05, 3.63) is 0 Å². The molecule has 3 heteroatoms. The van der Waals surface area contributed by atoms with Crippen LogP contribution in [0.25, 0.3) is 0 Å². The topological polar surface area (TPSA) is 43.4 Å². The first-order valence-corrected chi connectivity index (χ1v) is 10.4. The smallest absolute Gasteiger partial charge is 0.143 e. The summed E-state index contributed by atoms with van der Waals surface area (Å²) in [6.07, 6.45) is 9.33. The van der Waals surface area contributed by atoms with E-state index in [4.69, 9.17) is 4.74 Å². The number of fused-ring (bicyclic) bond motifs is 5. The lowest BCUT2D eigenvalue weighted by Gasteiger charge is -2.60. The first kappa shape index (κ1) is 17.7. The first-order chi connectivity index (χ1) is 11.8. The third-order valence-corrected chi connectivity index (χ3v) is 9.23. The number of ketones is 2. The van der Waals surface area contributed by atoms with E-state index in [1.165, 1.54) is 38.5 Å². The van der Waals surface area contributed by atoms with Crippen LogP contribution in [0.4, 0.5) is 0 Å². The zero-order valence-corrected chi connectivity index (χ0v) is 16.3. The minimum atomic E-state index is -0.330. The quantitative estimate of drug-likeness (QED) is 0.695. The Hall–Kier alpha value is -0.700. The molecule has 0 aromatic carbocycles. The van der Waals surface area contributed by atoms with Gasteiger partial charge in [0.05, 0.1) is 12.0 Å². The van der Waals surface area contributed by atoms with Crippen molar-refractivity contribution in [1.82, 2.24) is 0 Å². The van der Waals surface area contributed by atoms with Gasteiger partial charge in [-0.1, -0.05) is 13.8 Å². The lowest BCUT2D eigenvalue weighted by molar-refractivity contribution is -0.155. The van der Waals surface area contributed by atoms with E-state index in [2.05, 4.69) is 13.8 Å². The maximum absolute atomic E-state index is 12.5. The van der Waals surface area contributed by atoms with E-state index in [1.807, 2.05) is 7.11 Å². The molecule has 0 aromatic rings. The molecule has 4 rings (SSSR count). The van der Waals surface area contributed by atoms with Crippen LogP contribution < -0.4 is 0 Å². The van der Waals surface area contributed by atoms with Gasteiger partial charge in [0.2, 0.25) is 0 Å². The van der Waals surface area contributed by atoms with Crippen LogP contribution in [-0.4, -0.2) is 24.8 Å². The first-order valence-electron chi connectivity index (χ1n) is 10.4. The molecular formula is C22H34O3. The van der Waals surface area contributed by atoms with E-state index >= 15 is 0 Å². The predicted molar refractivity (Wildman–Crippen MR) is 97.1 cm³/mol. The normalized spacial score (nSPS) is 52.2. The molecule has 25 heavy (non-hydrogen) atoms. The molecule has 140 valence electrons. The van der Waals surface area contributed by atoms with Crippen molar-refractivity contribution in [3.8, 4) is 0 Å². The second-order valence-corrected chi connectivity index (χ2v) is 10.0. The number of hydrogen-bond acceptors (Lipinski definition) is 3. The van der Waals surface area contributed by atoms with Gasteiger partial charge in [0.1, 0.15) is 11.6 Å². The fourth-order valence-electron chi connectivity index (χ4n) is 7.84. The number of Topliss-reactive ketones (excluding diaryl/α,β-unsaturated/α-hetero) is 2. The Kier molecular flexibility index (Phi) is 4.18. The predicted octanol–water partition coefficient (Wildman–Crippen LogP) is 4.43. The number of carbonyl (C=O) groups is 2. The van der Waals surface area contributed by atoms with Crippen molar-refractivity contribution < 1.29 is 14.3 Å². The number of hydrogen-bond donors (Lipinski definition) is 0. The molecule has 0 aliphatic heterocycles. The van der Waals surface area contributed by atoms with Gasteiger partial charge in [-0.25, -0.2) is 0 Å². The third-order valence-electron chi connectivity index (χ3n) is 9.23. The van der Waals surface area contributed by atoms with E-state index in [0.29, 0.717) is 29.8 Å². The van der Waals surface area contributed by atoms with Crippen LogP contribution in [0.3, 0.4) is 0 Å². The van der Waals surface area contributed by atoms with E-state index in [-0.39, 0.29) is 22.9 Å². The maximum Gasteiger partial charge on any atom is 0.143 e. The van der Waals surface area contributed by atoms with Crippen molar-refractivity contribution in [2.45, 2.75) is 78.2 Å². The van der Waals surface area contributed by atoms with Gasteiger partial charge in [-0.2, -0.15) is 0 Å². The molecule has 8 atom stereocenters. The van der Waals surface area contributed by atoms with Crippen LogP contribution in [-0.2, 0) is 14.3 Å². The molecule has 0 amide bonds. The summed E-state index contributed by atoms with van der Waals surface area (Å²) in [6, 6.07) is 0. The Labute approximate surface area is 152 Å². The minimum Gasteiger partial charge on any atom is -0.381 e. The van der Waals surface area contributed by atoms with E-state index in [0.717, 1.165) is 18.3 Å². The van der Waals surface area contributed by atoms with Crippen LogP contribution in [0.2, 0.25) is 0 Å². The molecule has 1 unspecified atom stereocenters. The van der Waals surface area contributed by atoms with Crippen molar-refractivity contribution in [1.29, 1.82) is 0 Å².